The van der Waals surface area contributed by atoms with E-state index in [0.717, 1.165) is 25.3 Å². The van der Waals surface area contributed by atoms with Crippen molar-refractivity contribution in [2.45, 2.75) is 49.0 Å². The molecule has 3 amide bonds. The Bertz CT molecular complexity index is 1020. The number of nitrogens with two attached hydrogens (primary N) is 1. The number of carbonyl (C=O) groups is 3. The zero-order valence-corrected chi connectivity index (χ0v) is 18.6. The lowest BCUT2D eigenvalue weighted by Crippen LogP contribution is -2.62. The molecule has 5 rings (SSSR count). The summed E-state index contributed by atoms with van der Waals surface area (Å²) >= 11 is 0. The number of nitrogens with one attached hydrogen (secondary N) is 2. The number of hydrogen-bond donors (Lipinski definition) is 3. The number of imide groups is 1. The number of ether oxygens (including phenoxy) is 2. The molecule has 4 fully saturated rings. The summed E-state index contributed by atoms with van der Waals surface area (Å²) in [5.41, 5.74) is -0.457. The van der Waals surface area contributed by atoms with Crippen molar-refractivity contribution in [3.8, 4) is 5.75 Å². The van der Waals surface area contributed by atoms with Crippen LogP contribution < -0.4 is 20.5 Å². The van der Waals surface area contributed by atoms with Gasteiger partial charge < -0.3 is 14.8 Å². The summed E-state index contributed by atoms with van der Waals surface area (Å²) < 4.78 is 33.1. The van der Waals surface area contributed by atoms with E-state index in [1.54, 1.807) is 0 Å². The first-order valence-corrected chi connectivity index (χ1v) is 12.1. The second kappa shape index (κ2) is 8.36. The van der Waals surface area contributed by atoms with E-state index in [4.69, 9.17) is 14.6 Å². The second-order valence-corrected chi connectivity index (χ2v) is 10.7. The molecule has 32 heavy (non-hydrogen) atoms. The van der Waals surface area contributed by atoms with Crippen LogP contribution in [0.1, 0.15) is 48.9 Å². The Hall–Kier alpha value is -2.66. The fourth-order valence-electron chi connectivity index (χ4n) is 5.93. The number of primary sulfonamides is 1. The van der Waals surface area contributed by atoms with Gasteiger partial charge >= 0.3 is 12.0 Å². The fourth-order valence-corrected chi connectivity index (χ4v) is 6.47. The van der Waals surface area contributed by atoms with Gasteiger partial charge in [0.25, 0.3) is 5.91 Å². The lowest BCUT2D eigenvalue weighted by Gasteiger charge is -2.56. The van der Waals surface area contributed by atoms with E-state index in [1.165, 1.54) is 38.5 Å². The van der Waals surface area contributed by atoms with Gasteiger partial charge in [-0.1, -0.05) is 0 Å². The van der Waals surface area contributed by atoms with Crippen LogP contribution in [-0.2, 0) is 19.6 Å². The molecule has 1 aromatic carbocycles. The molecule has 0 aromatic heterocycles. The van der Waals surface area contributed by atoms with Gasteiger partial charge in [-0.05, 0) is 74.5 Å². The third-order valence-electron chi connectivity index (χ3n) is 6.72. The minimum absolute atomic E-state index is 0.0577. The molecular formula is C21H27N3O7S. The van der Waals surface area contributed by atoms with E-state index in [2.05, 4.69) is 10.6 Å². The molecule has 0 radical (unpaired) electrons. The number of rotatable bonds is 6. The quantitative estimate of drug-likeness (QED) is 0.535. The highest BCUT2D eigenvalue weighted by atomic mass is 32.2. The van der Waals surface area contributed by atoms with Crippen LogP contribution in [0.4, 0.5) is 4.79 Å². The highest BCUT2D eigenvalue weighted by Gasteiger charge is 2.51. The monoisotopic (exact) mass is 465 g/mol. The van der Waals surface area contributed by atoms with Gasteiger partial charge in [0, 0.05) is 5.54 Å². The van der Waals surface area contributed by atoms with Crippen molar-refractivity contribution in [2.75, 3.05) is 13.7 Å². The van der Waals surface area contributed by atoms with Crippen molar-refractivity contribution in [1.29, 1.82) is 0 Å². The summed E-state index contributed by atoms with van der Waals surface area (Å²) in [6.07, 6.45) is 6.51. The first kappa shape index (κ1) is 22.5. The van der Waals surface area contributed by atoms with Gasteiger partial charge in [-0.3, -0.25) is 10.1 Å². The Morgan fingerprint density at radius 3 is 2.22 bits per heavy atom. The SMILES string of the molecule is COc1ccc(S(N)(=O)=O)cc1C(=O)OCC(=O)NC(=O)NC12CC3CC(CC(C3)C1)C2. The summed E-state index contributed by atoms with van der Waals surface area (Å²) in [6, 6.07) is 2.86. The van der Waals surface area contributed by atoms with Crippen LogP contribution in [0, 0.1) is 17.8 Å². The van der Waals surface area contributed by atoms with Gasteiger partial charge in [0.05, 0.1) is 12.0 Å². The fraction of sp³-hybridized carbons (Fsp3) is 0.571. The standard InChI is InChI=1S/C21H27N3O7S/c1-30-17-3-2-15(32(22,28)29)7-16(17)19(26)31-11-18(25)23-20(27)24-21-8-12-4-13(9-21)6-14(5-12)10-21/h2-3,7,12-14H,4-6,8-11H2,1H3,(H2,22,28,29)(H2,23,24,25,27). The average molecular weight is 466 g/mol. The number of sulfonamides is 1. The number of esters is 1. The van der Waals surface area contributed by atoms with Gasteiger partial charge in [-0.25, -0.2) is 23.1 Å². The van der Waals surface area contributed by atoms with Crippen LogP contribution in [0.2, 0.25) is 0 Å². The topological polar surface area (TPSA) is 154 Å². The number of amides is 3. The lowest BCUT2D eigenvalue weighted by molar-refractivity contribution is -0.123. The number of hydrogen-bond acceptors (Lipinski definition) is 7. The molecule has 0 heterocycles. The molecule has 1 aromatic rings. The molecule has 0 unspecified atom stereocenters. The Kier molecular flexibility index (Phi) is 5.89. The van der Waals surface area contributed by atoms with E-state index >= 15 is 0 Å². The predicted molar refractivity (Wildman–Crippen MR) is 112 cm³/mol. The lowest BCUT2D eigenvalue weighted by atomic mass is 9.53. The van der Waals surface area contributed by atoms with E-state index in [9.17, 15) is 22.8 Å². The molecule has 4 bridgehead atoms. The van der Waals surface area contributed by atoms with Crippen molar-refractivity contribution in [2.24, 2.45) is 22.9 Å². The van der Waals surface area contributed by atoms with Crippen LogP contribution in [0.15, 0.2) is 23.1 Å². The van der Waals surface area contributed by atoms with Gasteiger partial charge in [0.2, 0.25) is 10.0 Å². The van der Waals surface area contributed by atoms with Crippen molar-refractivity contribution in [3.63, 3.8) is 0 Å². The maximum atomic E-state index is 12.4. The van der Waals surface area contributed by atoms with Crippen molar-refractivity contribution >= 4 is 27.9 Å². The predicted octanol–water partition coefficient (Wildman–Crippen LogP) is 1.29. The number of benzene rings is 1. The number of carbonyl (C=O) groups excluding carboxylic acids is 3. The molecule has 11 heteroatoms. The summed E-state index contributed by atoms with van der Waals surface area (Å²) in [7, 11) is -2.75. The molecule has 4 saturated carbocycles. The van der Waals surface area contributed by atoms with Gasteiger partial charge in [0.1, 0.15) is 11.3 Å². The average Bonchev–Trinajstić information content (AvgIpc) is 2.69. The molecule has 4 aliphatic rings. The maximum absolute atomic E-state index is 12.4. The van der Waals surface area contributed by atoms with E-state index in [-0.39, 0.29) is 21.7 Å². The minimum atomic E-state index is -4.05. The van der Waals surface area contributed by atoms with Gasteiger partial charge in [-0.15, -0.1) is 0 Å². The van der Waals surface area contributed by atoms with Crippen molar-refractivity contribution in [3.05, 3.63) is 23.8 Å². The van der Waals surface area contributed by atoms with Crippen LogP contribution in [0.5, 0.6) is 5.75 Å². The van der Waals surface area contributed by atoms with Crippen LogP contribution in [0.3, 0.4) is 0 Å². The molecule has 0 saturated heterocycles. The molecule has 0 spiro atoms. The molecule has 174 valence electrons. The largest absolute Gasteiger partial charge is 0.496 e. The third kappa shape index (κ3) is 4.73. The van der Waals surface area contributed by atoms with Crippen molar-refractivity contribution in [1.82, 2.24) is 10.6 Å². The summed E-state index contributed by atoms with van der Waals surface area (Å²) in [5, 5.41) is 10.3. The highest BCUT2D eigenvalue weighted by Crippen LogP contribution is 2.55. The Morgan fingerprint density at radius 1 is 1.09 bits per heavy atom. The normalized spacial score (nSPS) is 28.1. The second-order valence-electron chi connectivity index (χ2n) is 9.18. The molecule has 0 aliphatic heterocycles. The Morgan fingerprint density at radius 2 is 1.69 bits per heavy atom. The van der Waals surface area contributed by atoms with Crippen molar-refractivity contribution < 1.29 is 32.3 Å². The first-order valence-electron chi connectivity index (χ1n) is 10.6. The van der Waals surface area contributed by atoms with Crippen LogP contribution >= 0.6 is 0 Å². The first-order chi connectivity index (χ1) is 15.1. The Labute approximate surface area is 186 Å². The molecule has 4 N–H and O–H groups in total. The van der Waals surface area contributed by atoms with E-state index in [1.807, 2.05) is 0 Å². The zero-order valence-electron chi connectivity index (χ0n) is 17.8. The smallest absolute Gasteiger partial charge is 0.342 e. The zero-order chi connectivity index (χ0) is 23.1. The maximum Gasteiger partial charge on any atom is 0.342 e. The van der Waals surface area contributed by atoms with Crippen LogP contribution in [0.25, 0.3) is 0 Å². The molecule has 10 nitrogen and oxygen atoms in total. The van der Waals surface area contributed by atoms with Gasteiger partial charge in [0.15, 0.2) is 6.61 Å². The van der Waals surface area contributed by atoms with Crippen LogP contribution in [-0.4, -0.2) is 45.6 Å². The molecular weight excluding hydrogens is 438 g/mol. The highest BCUT2D eigenvalue weighted by molar-refractivity contribution is 7.89. The Balaban J connectivity index is 1.32. The number of urea groups is 1. The van der Waals surface area contributed by atoms with Gasteiger partial charge in [-0.2, -0.15) is 0 Å². The molecule has 4 aliphatic carbocycles. The van der Waals surface area contributed by atoms with E-state index in [0.29, 0.717) is 17.8 Å². The molecule has 0 atom stereocenters. The minimum Gasteiger partial charge on any atom is -0.496 e. The summed E-state index contributed by atoms with van der Waals surface area (Å²) in [4.78, 5) is 36.7. The number of methoxy groups -OCH3 is 1. The summed E-state index contributed by atoms with van der Waals surface area (Å²) in [5.74, 6) is 0.206. The summed E-state index contributed by atoms with van der Waals surface area (Å²) in [6.45, 7) is -0.712. The van der Waals surface area contributed by atoms with E-state index < -0.39 is 34.5 Å². The third-order valence-corrected chi connectivity index (χ3v) is 7.63.